The van der Waals surface area contributed by atoms with Crippen LogP contribution in [0, 0.1) is 0 Å². The molecule has 2 rings (SSSR count). The molecule has 2 aromatic rings. The minimum atomic E-state index is 1.17. The summed E-state index contributed by atoms with van der Waals surface area (Å²) in [6.45, 7) is 3.47. The molecule has 1 aromatic heterocycles. The van der Waals surface area contributed by atoms with Crippen LogP contribution in [-0.4, -0.2) is 4.57 Å². The number of aryl methyl sites for hydroxylation is 1. The third kappa shape index (κ3) is 9.49. The van der Waals surface area contributed by atoms with E-state index in [1.54, 1.807) is 0 Å². The minimum absolute atomic E-state index is 1.17. The van der Waals surface area contributed by atoms with E-state index in [-0.39, 0.29) is 0 Å². The fourth-order valence-corrected chi connectivity index (χ4v) is 4.17. The molecule has 0 fully saturated rings. The summed E-state index contributed by atoms with van der Waals surface area (Å²) in [4.78, 5) is 0. The molecule has 0 spiro atoms. The SMILES string of the molecule is CCCCCCCCCCCCCCCCCCn1ccc2ccccc21. The Kier molecular flexibility index (Phi) is 12.1. The van der Waals surface area contributed by atoms with Crippen LogP contribution in [0.5, 0.6) is 0 Å². The molecule has 0 atom stereocenters. The summed E-state index contributed by atoms with van der Waals surface area (Å²) in [6, 6.07) is 11.0. The summed E-state index contributed by atoms with van der Waals surface area (Å²) in [5.41, 5.74) is 1.39. The molecular weight excluding hydrogens is 326 g/mol. The molecule has 0 radical (unpaired) electrons. The van der Waals surface area contributed by atoms with Crippen LogP contribution in [0.4, 0.5) is 0 Å². The van der Waals surface area contributed by atoms with Crippen LogP contribution in [0.1, 0.15) is 110 Å². The molecule has 0 aliphatic carbocycles. The fourth-order valence-electron chi connectivity index (χ4n) is 4.17. The highest BCUT2D eigenvalue weighted by molar-refractivity contribution is 5.79. The van der Waals surface area contributed by atoms with Crippen molar-refractivity contribution in [3.8, 4) is 0 Å². The quantitative estimate of drug-likeness (QED) is 0.245. The number of unbranched alkanes of at least 4 members (excludes halogenated alkanes) is 15. The molecule has 1 heterocycles. The fraction of sp³-hybridized carbons (Fsp3) is 0.692. The van der Waals surface area contributed by atoms with Gasteiger partial charge in [-0.05, 0) is 23.9 Å². The van der Waals surface area contributed by atoms with Gasteiger partial charge in [-0.15, -0.1) is 0 Å². The van der Waals surface area contributed by atoms with Crippen LogP contribution >= 0.6 is 0 Å². The highest BCUT2D eigenvalue weighted by Crippen LogP contribution is 2.17. The van der Waals surface area contributed by atoms with Crippen molar-refractivity contribution in [1.29, 1.82) is 0 Å². The summed E-state index contributed by atoms with van der Waals surface area (Å²) in [5, 5.41) is 1.37. The first-order valence-corrected chi connectivity index (χ1v) is 12.0. The first-order chi connectivity index (χ1) is 13.4. The van der Waals surface area contributed by atoms with Gasteiger partial charge in [0.25, 0.3) is 0 Å². The smallest absolute Gasteiger partial charge is 0.0480 e. The monoisotopic (exact) mass is 369 g/mol. The number of para-hydroxylation sites is 1. The van der Waals surface area contributed by atoms with Crippen molar-refractivity contribution in [2.75, 3.05) is 0 Å². The molecule has 0 aliphatic rings. The van der Waals surface area contributed by atoms with Crippen molar-refractivity contribution in [1.82, 2.24) is 4.57 Å². The van der Waals surface area contributed by atoms with Crippen LogP contribution in [-0.2, 0) is 6.54 Å². The van der Waals surface area contributed by atoms with Gasteiger partial charge in [0.05, 0.1) is 0 Å². The van der Waals surface area contributed by atoms with Crippen molar-refractivity contribution in [3.05, 3.63) is 36.5 Å². The Labute approximate surface area is 168 Å². The van der Waals surface area contributed by atoms with Crippen LogP contribution < -0.4 is 0 Å². The minimum Gasteiger partial charge on any atom is -0.347 e. The van der Waals surface area contributed by atoms with Crippen molar-refractivity contribution in [3.63, 3.8) is 0 Å². The van der Waals surface area contributed by atoms with Crippen molar-refractivity contribution in [2.24, 2.45) is 0 Å². The lowest BCUT2D eigenvalue weighted by Gasteiger charge is -2.06. The van der Waals surface area contributed by atoms with Crippen LogP contribution in [0.2, 0.25) is 0 Å². The largest absolute Gasteiger partial charge is 0.347 e. The zero-order chi connectivity index (χ0) is 19.0. The van der Waals surface area contributed by atoms with Gasteiger partial charge < -0.3 is 4.57 Å². The van der Waals surface area contributed by atoms with Gasteiger partial charge in [-0.2, -0.15) is 0 Å². The van der Waals surface area contributed by atoms with Gasteiger partial charge in [-0.1, -0.05) is 121 Å². The summed E-state index contributed by atoms with van der Waals surface area (Å²) in [7, 11) is 0. The van der Waals surface area contributed by atoms with E-state index in [9.17, 15) is 0 Å². The Morgan fingerprint density at radius 1 is 0.556 bits per heavy atom. The van der Waals surface area contributed by atoms with E-state index in [1.807, 2.05) is 0 Å². The topological polar surface area (TPSA) is 4.93 Å². The highest BCUT2D eigenvalue weighted by Gasteiger charge is 1.99. The maximum atomic E-state index is 2.42. The number of fused-ring (bicyclic) bond motifs is 1. The van der Waals surface area contributed by atoms with Crippen molar-refractivity contribution >= 4 is 10.9 Å². The number of rotatable bonds is 17. The molecule has 1 heteroatoms. The Morgan fingerprint density at radius 3 is 1.59 bits per heavy atom. The van der Waals surface area contributed by atoms with Gasteiger partial charge in [0.2, 0.25) is 0 Å². The summed E-state index contributed by atoms with van der Waals surface area (Å²) >= 11 is 0. The van der Waals surface area contributed by atoms with E-state index in [2.05, 4.69) is 48.0 Å². The second-order valence-electron chi connectivity index (χ2n) is 8.37. The highest BCUT2D eigenvalue weighted by atomic mass is 14.9. The standard InChI is InChI=1S/C26H43N/c1-2-3-4-5-6-7-8-9-10-11-12-13-14-15-16-19-23-27-24-22-25-20-17-18-21-26(25)27/h17-18,20-22,24H,2-16,19,23H2,1H3. The van der Waals surface area contributed by atoms with E-state index in [0.717, 1.165) is 0 Å². The number of hydrogen-bond acceptors (Lipinski definition) is 0. The number of aromatic nitrogens is 1. The predicted octanol–water partition coefficient (Wildman–Crippen LogP) is 8.90. The first-order valence-electron chi connectivity index (χ1n) is 12.0. The molecule has 1 nitrogen and oxygen atoms in total. The zero-order valence-electron chi connectivity index (χ0n) is 17.9. The van der Waals surface area contributed by atoms with Crippen molar-refractivity contribution in [2.45, 2.75) is 116 Å². The Morgan fingerprint density at radius 2 is 1.04 bits per heavy atom. The van der Waals surface area contributed by atoms with Gasteiger partial charge in [0, 0.05) is 18.3 Å². The van der Waals surface area contributed by atoms with Gasteiger partial charge in [-0.25, -0.2) is 0 Å². The van der Waals surface area contributed by atoms with Gasteiger partial charge in [0.1, 0.15) is 0 Å². The molecule has 0 saturated heterocycles. The third-order valence-electron chi connectivity index (χ3n) is 5.93. The number of benzene rings is 1. The summed E-state index contributed by atoms with van der Waals surface area (Å²) in [6.07, 6.45) is 25.2. The Hall–Kier alpha value is -1.24. The second kappa shape index (κ2) is 14.8. The van der Waals surface area contributed by atoms with Gasteiger partial charge in [-0.3, -0.25) is 0 Å². The zero-order valence-corrected chi connectivity index (χ0v) is 17.9. The summed E-state index contributed by atoms with van der Waals surface area (Å²) in [5.74, 6) is 0. The molecule has 0 saturated carbocycles. The lowest BCUT2D eigenvalue weighted by atomic mass is 10.0. The molecule has 0 aliphatic heterocycles. The molecular formula is C26H43N. The van der Waals surface area contributed by atoms with Crippen LogP contribution in [0.3, 0.4) is 0 Å². The van der Waals surface area contributed by atoms with Gasteiger partial charge >= 0.3 is 0 Å². The number of nitrogens with zero attached hydrogens (tertiary/aromatic N) is 1. The maximum absolute atomic E-state index is 2.42. The van der Waals surface area contributed by atoms with Crippen LogP contribution in [0.15, 0.2) is 36.5 Å². The molecule has 152 valence electrons. The lowest BCUT2D eigenvalue weighted by Crippen LogP contribution is -1.95. The first kappa shape index (κ1) is 22.1. The molecule has 1 aromatic carbocycles. The van der Waals surface area contributed by atoms with Gasteiger partial charge in [0.15, 0.2) is 0 Å². The van der Waals surface area contributed by atoms with E-state index >= 15 is 0 Å². The third-order valence-corrected chi connectivity index (χ3v) is 5.93. The van der Waals surface area contributed by atoms with E-state index < -0.39 is 0 Å². The molecule has 27 heavy (non-hydrogen) atoms. The van der Waals surface area contributed by atoms with E-state index in [4.69, 9.17) is 0 Å². The molecule has 0 amide bonds. The van der Waals surface area contributed by atoms with E-state index in [0.29, 0.717) is 0 Å². The average molecular weight is 370 g/mol. The lowest BCUT2D eigenvalue weighted by molar-refractivity contribution is 0.522. The Balaban J connectivity index is 1.33. The summed E-state index contributed by atoms with van der Waals surface area (Å²) < 4.78 is 2.42. The Bertz CT molecular complexity index is 583. The van der Waals surface area contributed by atoms with Crippen LogP contribution in [0.25, 0.3) is 10.9 Å². The predicted molar refractivity (Wildman–Crippen MR) is 121 cm³/mol. The normalized spacial score (nSPS) is 11.4. The molecule has 0 unspecified atom stereocenters. The number of hydrogen-bond donors (Lipinski definition) is 0. The average Bonchev–Trinajstić information content (AvgIpc) is 3.11. The van der Waals surface area contributed by atoms with E-state index in [1.165, 1.54) is 120 Å². The second-order valence-corrected chi connectivity index (χ2v) is 8.37. The molecule has 0 N–H and O–H groups in total. The van der Waals surface area contributed by atoms with Crippen molar-refractivity contribution < 1.29 is 0 Å². The molecule has 0 bridgehead atoms. The maximum Gasteiger partial charge on any atom is 0.0480 e.